The Morgan fingerprint density at radius 1 is 1.00 bits per heavy atom. The fourth-order valence-corrected chi connectivity index (χ4v) is 3.53. The van der Waals surface area contributed by atoms with E-state index in [1.807, 2.05) is 18.2 Å². The van der Waals surface area contributed by atoms with Gasteiger partial charge < -0.3 is 10.0 Å². The minimum absolute atomic E-state index is 0.171. The van der Waals surface area contributed by atoms with E-state index >= 15 is 0 Å². The van der Waals surface area contributed by atoms with E-state index in [2.05, 4.69) is 22.1 Å². The van der Waals surface area contributed by atoms with Gasteiger partial charge in [-0.3, -0.25) is 4.79 Å². The normalized spacial score (nSPS) is 18.1. The molecule has 1 saturated heterocycles. The summed E-state index contributed by atoms with van der Waals surface area (Å²) in [5.74, 6) is -1.22. The van der Waals surface area contributed by atoms with Crippen molar-refractivity contribution < 1.29 is 14.7 Å². The molecule has 1 fully saturated rings. The number of carbonyl (C=O) groups is 2. The number of carboxylic acid groups (broad SMARTS) is 1. The lowest BCUT2D eigenvalue weighted by Crippen LogP contribution is -2.21. The van der Waals surface area contributed by atoms with Gasteiger partial charge in [-0.05, 0) is 67.8 Å². The Kier molecular flexibility index (Phi) is 4.69. The van der Waals surface area contributed by atoms with E-state index in [1.54, 1.807) is 19.1 Å². The topological polar surface area (TPSA) is 73.2 Å². The van der Waals surface area contributed by atoms with Crippen LogP contribution in [0, 0.1) is 0 Å². The van der Waals surface area contributed by atoms with Gasteiger partial charge in [0, 0.05) is 18.8 Å². The summed E-state index contributed by atoms with van der Waals surface area (Å²) in [6.07, 6.45) is 4.32. The van der Waals surface area contributed by atoms with Crippen molar-refractivity contribution in [1.29, 1.82) is 0 Å². The van der Waals surface area contributed by atoms with E-state index in [9.17, 15) is 9.59 Å². The van der Waals surface area contributed by atoms with Crippen LogP contribution in [0.3, 0.4) is 0 Å². The Labute approximate surface area is 163 Å². The summed E-state index contributed by atoms with van der Waals surface area (Å²) in [6, 6.07) is 14.3. The van der Waals surface area contributed by atoms with Crippen molar-refractivity contribution >= 4 is 35.0 Å². The molecule has 2 aromatic carbocycles. The van der Waals surface area contributed by atoms with E-state index in [0.717, 1.165) is 18.7 Å². The van der Waals surface area contributed by atoms with Crippen molar-refractivity contribution in [1.82, 2.24) is 0 Å². The van der Waals surface area contributed by atoms with Crippen LogP contribution in [0.5, 0.6) is 0 Å². The molecule has 6 heteroatoms. The maximum absolute atomic E-state index is 12.8. The number of hydrogen-bond donors (Lipinski definition) is 1. The lowest BCUT2D eigenvalue weighted by Gasteiger charge is -2.17. The first kappa shape index (κ1) is 18.0. The maximum atomic E-state index is 12.8. The molecule has 0 aromatic heterocycles. The fraction of sp³-hybridized carbons (Fsp3) is 0.227. The molecule has 0 spiro atoms. The molecule has 1 amide bonds. The second-order valence-electron chi connectivity index (χ2n) is 7.00. The minimum Gasteiger partial charge on any atom is -0.478 e. The molecule has 1 N–H and O–H groups in total. The van der Waals surface area contributed by atoms with E-state index in [0.29, 0.717) is 17.0 Å². The number of nitrogens with zero attached hydrogens (tertiary/aromatic N) is 3. The van der Waals surface area contributed by atoms with Gasteiger partial charge in [0.05, 0.1) is 22.5 Å². The zero-order chi connectivity index (χ0) is 19.7. The lowest BCUT2D eigenvalue weighted by atomic mass is 10.1. The Bertz CT molecular complexity index is 969. The van der Waals surface area contributed by atoms with Crippen molar-refractivity contribution in [2.45, 2.75) is 19.8 Å². The summed E-state index contributed by atoms with van der Waals surface area (Å²) in [5, 5.41) is 14.7. The second-order valence-corrected chi connectivity index (χ2v) is 7.00. The standard InChI is InChI=1S/C22H21N3O3/c1-15-20(14-16-4-8-18(9-5-16)24-12-2-3-13-24)21(26)25(23-15)19-10-6-17(7-11-19)22(27)28/h4-11,14H,2-3,12-13H2,1H3,(H,27,28)/b20-14+. The van der Waals surface area contributed by atoms with E-state index in [4.69, 9.17) is 5.11 Å². The summed E-state index contributed by atoms with van der Waals surface area (Å²) >= 11 is 0. The van der Waals surface area contributed by atoms with Gasteiger partial charge in [0.2, 0.25) is 0 Å². The minimum atomic E-state index is -1.00. The molecular formula is C22H21N3O3. The third-order valence-electron chi connectivity index (χ3n) is 5.10. The van der Waals surface area contributed by atoms with Gasteiger partial charge in [0.25, 0.3) is 5.91 Å². The number of hydrogen-bond acceptors (Lipinski definition) is 4. The quantitative estimate of drug-likeness (QED) is 0.825. The molecule has 2 aliphatic rings. The number of carbonyl (C=O) groups excluding carboxylic acids is 1. The molecule has 28 heavy (non-hydrogen) atoms. The first-order chi connectivity index (χ1) is 13.5. The van der Waals surface area contributed by atoms with Gasteiger partial charge in [0.1, 0.15) is 0 Å². The predicted molar refractivity (Wildman–Crippen MR) is 110 cm³/mol. The second kappa shape index (κ2) is 7.31. The average molecular weight is 375 g/mol. The SMILES string of the molecule is CC1=NN(c2ccc(C(=O)O)cc2)C(=O)/C1=C/c1ccc(N2CCCC2)cc1. The van der Waals surface area contributed by atoms with Crippen LogP contribution < -0.4 is 9.91 Å². The Morgan fingerprint density at radius 3 is 2.21 bits per heavy atom. The Balaban J connectivity index is 1.54. The number of hydrazone groups is 1. The van der Waals surface area contributed by atoms with E-state index in [-0.39, 0.29) is 11.5 Å². The van der Waals surface area contributed by atoms with Crippen molar-refractivity contribution in [2.75, 3.05) is 23.0 Å². The number of rotatable bonds is 4. The molecule has 0 unspecified atom stereocenters. The highest BCUT2D eigenvalue weighted by Gasteiger charge is 2.28. The summed E-state index contributed by atoms with van der Waals surface area (Å²) in [4.78, 5) is 26.2. The number of aromatic carboxylic acids is 1. The van der Waals surface area contributed by atoms with Gasteiger partial charge >= 0.3 is 5.97 Å². The molecule has 0 radical (unpaired) electrons. The number of anilines is 2. The largest absolute Gasteiger partial charge is 0.478 e. The zero-order valence-electron chi connectivity index (χ0n) is 15.6. The molecule has 142 valence electrons. The molecule has 0 bridgehead atoms. The van der Waals surface area contributed by atoms with Gasteiger partial charge in [-0.1, -0.05) is 12.1 Å². The maximum Gasteiger partial charge on any atom is 0.335 e. The van der Waals surface area contributed by atoms with Crippen molar-refractivity contribution in [2.24, 2.45) is 5.10 Å². The monoisotopic (exact) mass is 375 g/mol. The molecule has 2 heterocycles. The van der Waals surface area contributed by atoms with Gasteiger partial charge in [0.15, 0.2) is 0 Å². The number of amides is 1. The van der Waals surface area contributed by atoms with Crippen LogP contribution in [-0.2, 0) is 4.79 Å². The first-order valence-electron chi connectivity index (χ1n) is 9.33. The molecule has 0 saturated carbocycles. The third-order valence-corrected chi connectivity index (χ3v) is 5.10. The summed E-state index contributed by atoms with van der Waals surface area (Å²) in [5.41, 5.74) is 4.05. The van der Waals surface area contributed by atoms with Crippen LogP contribution in [-0.4, -0.2) is 35.8 Å². The van der Waals surface area contributed by atoms with Gasteiger partial charge in [-0.15, -0.1) is 0 Å². The third kappa shape index (κ3) is 3.41. The molecule has 2 aliphatic heterocycles. The van der Waals surface area contributed by atoms with Crippen LogP contribution in [0.15, 0.2) is 59.2 Å². The van der Waals surface area contributed by atoms with Crippen LogP contribution in [0.4, 0.5) is 11.4 Å². The highest BCUT2D eigenvalue weighted by Crippen LogP contribution is 2.26. The highest BCUT2D eigenvalue weighted by molar-refractivity contribution is 6.32. The Morgan fingerprint density at radius 2 is 1.61 bits per heavy atom. The summed E-state index contributed by atoms with van der Waals surface area (Å²) < 4.78 is 0. The van der Waals surface area contributed by atoms with E-state index < -0.39 is 5.97 Å². The fourth-order valence-electron chi connectivity index (χ4n) is 3.53. The molecule has 6 nitrogen and oxygen atoms in total. The smallest absolute Gasteiger partial charge is 0.335 e. The summed E-state index contributed by atoms with van der Waals surface area (Å²) in [7, 11) is 0. The van der Waals surface area contributed by atoms with Gasteiger partial charge in [-0.2, -0.15) is 10.1 Å². The number of carboxylic acids is 1. The molecule has 4 rings (SSSR count). The summed E-state index contributed by atoms with van der Waals surface area (Å²) in [6.45, 7) is 3.99. The molecule has 0 aliphatic carbocycles. The lowest BCUT2D eigenvalue weighted by molar-refractivity contribution is -0.114. The molecule has 2 aromatic rings. The van der Waals surface area contributed by atoms with Crippen LogP contribution in [0.25, 0.3) is 6.08 Å². The zero-order valence-corrected chi connectivity index (χ0v) is 15.6. The van der Waals surface area contributed by atoms with Crippen LogP contribution in [0.1, 0.15) is 35.7 Å². The van der Waals surface area contributed by atoms with Gasteiger partial charge in [-0.25, -0.2) is 4.79 Å². The van der Waals surface area contributed by atoms with Crippen molar-refractivity contribution in [3.63, 3.8) is 0 Å². The predicted octanol–water partition coefficient (Wildman–Crippen LogP) is 3.79. The van der Waals surface area contributed by atoms with Crippen LogP contribution >= 0.6 is 0 Å². The molecular weight excluding hydrogens is 354 g/mol. The first-order valence-corrected chi connectivity index (χ1v) is 9.33. The van der Waals surface area contributed by atoms with Crippen molar-refractivity contribution in [3.8, 4) is 0 Å². The highest BCUT2D eigenvalue weighted by atomic mass is 16.4. The Hall–Kier alpha value is -3.41. The van der Waals surface area contributed by atoms with Crippen molar-refractivity contribution in [3.05, 3.63) is 65.2 Å². The average Bonchev–Trinajstić information content (AvgIpc) is 3.33. The molecule has 0 atom stereocenters. The van der Waals surface area contributed by atoms with E-state index in [1.165, 1.54) is 35.7 Å². The number of benzene rings is 2. The van der Waals surface area contributed by atoms with Crippen LogP contribution in [0.2, 0.25) is 0 Å².